The van der Waals surface area contributed by atoms with Crippen LogP contribution in [0.4, 0.5) is 10.1 Å². The van der Waals surface area contributed by atoms with E-state index in [2.05, 4.69) is 52.2 Å². The van der Waals surface area contributed by atoms with Crippen molar-refractivity contribution in [3.8, 4) is 0 Å². The Labute approximate surface area is 187 Å². The van der Waals surface area contributed by atoms with Crippen LogP contribution in [0.15, 0.2) is 67.0 Å². The van der Waals surface area contributed by atoms with E-state index < -0.39 is 0 Å². The zero-order valence-electron chi connectivity index (χ0n) is 17.7. The van der Waals surface area contributed by atoms with Gasteiger partial charge in [-0.2, -0.15) is 0 Å². The van der Waals surface area contributed by atoms with Crippen LogP contribution in [-0.2, 0) is 13.0 Å². The van der Waals surface area contributed by atoms with Crippen molar-refractivity contribution in [2.75, 3.05) is 11.9 Å². The average Bonchev–Trinajstić information content (AvgIpc) is 3.06. The first-order chi connectivity index (χ1) is 15.0. The predicted octanol–water partition coefficient (Wildman–Crippen LogP) is 5.76. The van der Waals surface area contributed by atoms with Crippen molar-refractivity contribution >= 4 is 33.9 Å². The fraction of sp³-hybridized carbons (Fsp3) is 0.200. The van der Waals surface area contributed by atoms with Crippen LogP contribution in [0.3, 0.4) is 0 Å². The van der Waals surface area contributed by atoms with Crippen molar-refractivity contribution in [3.63, 3.8) is 0 Å². The van der Waals surface area contributed by atoms with Gasteiger partial charge in [0.05, 0.1) is 0 Å². The summed E-state index contributed by atoms with van der Waals surface area (Å²) in [4.78, 5) is 9.70. The monoisotopic (exact) mass is 432 g/mol. The molecule has 4 rings (SSSR count). The van der Waals surface area contributed by atoms with Gasteiger partial charge in [0.1, 0.15) is 5.82 Å². The van der Waals surface area contributed by atoms with E-state index in [1.807, 2.05) is 18.2 Å². The molecule has 0 atom stereocenters. The first-order valence-electron chi connectivity index (χ1n) is 10.3. The van der Waals surface area contributed by atoms with Crippen LogP contribution in [0.25, 0.3) is 10.9 Å². The molecule has 2 aromatic heterocycles. The molecule has 0 saturated heterocycles. The normalized spacial score (nSPS) is 10.9. The maximum atomic E-state index is 13.6. The number of nitrogens with zero attached hydrogens (tertiary/aromatic N) is 2. The summed E-state index contributed by atoms with van der Waals surface area (Å²) in [7, 11) is 0. The van der Waals surface area contributed by atoms with Crippen LogP contribution in [0.2, 0.25) is 0 Å². The Morgan fingerprint density at radius 2 is 1.90 bits per heavy atom. The Morgan fingerprint density at radius 1 is 1.10 bits per heavy atom. The Kier molecular flexibility index (Phi) is 6.28. The third-order valence-electron chi connectivity index (χ3n) is 5.39. The lowest BCUT2D eigenvalue weighted by Crippen LogP contribution is -2.36. The minimum atomic E-state index is -0.293. The molecule has 0 amide bonds. The predicted molar refractivity (Wildman–Crippen MR) is 129 cm³/mol. The van der Waals surface area contributed by atoms with Crippen molar-refractivity contribution in [1.29, 1.82) is 0 Å². The summed E-state index contributed by atoms with van der Waals surface area (Å²) in [6.45, 7) is 5.59. The van der Waals surface area contributed by atoms with E-state index in [9.17, 15) is 4.39 Å². The number of hydrogen-bond donors (Lipinski definition) is 2. The van der Waals surface area contributed by atoms with Crippen molar-refractivity contribution in [2.45, 2.75) is 26.8 Å². The topological polar surface area (TPSA) is 44.0 Å². The quantitative estimate of drug-likeness (QED) is 0.380. The number of halogens is 1. The van der Waals surface area contributed by atoms with Crippen molar-refractivity contribution in [2.24, 2.45) is 0 Å². The molecule has 0 aliphatic heterocycles. The van der Waals surface area contributed by atoms with Gasteiger partial charge in [-0.15, -0.1) is 0 Å². The molecule has 0 saturated carbocycles. The number of fused-ring (bicyclic) bond motifs is 1. The molecule has 0 bridgehead atoms. The van der Waals surface area contributed by atoms with Gasteiger partial charge in [0.25, 0.3) is 0 Å². The smallest absolute Gasteiger partial charge is 0.173 e. The molecule has 2 N–H and O–H groups in total. The van der Waals surface area contributed by atoms with Gasteiger partial charge in [-0.05, 0) is 86.1 Å². The van der Waals surface area contributed by atoms with Crippen molar-refractivity contribution in [3.05, 3.63) is 95.2 Å². The van der Waals surface area contributed by atoms with Crippen LogP contribution in [-0.4, -0.2) is 26.5 Å². The van der Waals surface area contributed by atoms with E-state index in [-0.39, 0.29) is 5.82 Å². The molecular weight excluding hydrogens is 407 g/mol. The number of benzene rings is 2. The first kappa shape index (κ1) is 21.0. The number of nitrogens with one attached hydrogen (secondary N) is 2. The summed E-state index contributed by atoms with van der Waals surface area (Å²) in [5.74, 6) is -0.293. The molecular formula is C25H25FN4S. The molecule has 0 aliphatic carbocycles. The number of hydrogen-bond acceptors (Lipinski definition) is 2. The summed E-state index contributed by atoms with van der Waals surface area (Å²) in [6.07, 6.45) is 4.40. The largest absolute Gasteiger partial charge is 0.358 e. The molecule has 4 aromatic rings. The first-order valence-corrected chi connectivity index (χ1v) is 10.7. The van der Waals surface area contributed by atoms with Gasteiger partial charge < -0.3 is 15.2 Å². The molecule has 2 heterocycles. The Balaban J connectivity index is 1.56. The van der Waals surface area contributed by atoms with Crippen LogP contribution >= 0.6 is 12.2 Å². The second-order valence-electron chi connectivity index (χ2n) is 7.75. The number of rotatable bonds is 6. The van der Waals surface area contributed by atoms with Gasteiger partial charge in [-0.3, -0.25) is 4.98 Å². The highest BCUT2D eigenvalue weighted by atomic mass is 32.1. The third-order valence-corrected chi connectivity index (χ3v) is 5.75. The molecule has 0 fully saturated rings. The Bertz CT molecular complexity index is 1200. The van der Waals surface area contributed by atoms with Gasteiger partial charge in [-0.25, -0.2) is 4.39 Å². The summed E-state index contributed by atoms with van der Waals surface area (Å²) in [5.41, 5.74) is 6.62. The number of aromatic nitrogens is 2. The molecule has 4 nitrogen and oxygen atoms in total. The molecule has 0 unspecified atom stereocenters. The molecule has 0 aliphatic rings. The van der Waals surface area contributed by atoms with Crippen molar-refractivity contribution < 1.29 is 4.39 Å². The summed E-state index contributed by atoms with van der Waals surface area (Å²) in [5, 5.41) is 5.01. The summed E-state index contributed by atoms with van der Waals surface area (Å²) in [6, 6.07) is 16.8. The lowest BCUT2D eigenvalue weighted by Gasteiger charge is -2.26. The zero-order valence-corrected chi connectivity index (χ0v) is 18.5. The zero-order chi connectivity index (χ0) is 21.8. The number of H-pyrrole nitrogens is 1. The van der Waals surface area contributed by atoms with Gasteiger partial charge in [-0.1, -0.05) is 17.7 Å². The van der Waals surface area contributed by atoms with Gasteiger partial charge in [0.2, 0.25) is 0 Å². The molecule has 31 heavy (non-hydrogen) atoms. The van der Waals surface area contributed by atoms with E-state index in [4.69, 9.17) is 12.2 Å². The SMILES string of the molecule is Cc1ccc2[nH]c(C)c(CCN(Cc3ccncc3)C(=S)Nc3cccc(F)c3)c2c1. The fourth-order valence-corrected chi connectivity index (χ4v) is 4.07. The lowest BCUT2D eigenvalue weighted by atomic mass is 10.1. The maximum Gasteiger partial charge on any atom is 0.173 e. The van der Waals surface area contributed by atoms with Gasteiger partial charge in [0.15, 0.2) is 5.11 Å². The van der Waals surface area contributed by atoms with E-state index in [1.54, 1.807) is 18.5 Å². The lowest BCUT2D eigenvalue weighted by molar-refractivity contribution is 0.423. The third kappa shape index (κ3) is 5.09. The van der Waals surface area contributed by atoms with Crippen LogP contribution in [0.5, 0.6) is 0 Å². The number of aryl methyl sites for hydroxylation is 2. The highest BCUT2D eigenvalue weighted by molar-refractivity contribution is 7.80. The fourth-order valence-electron chi connectivity index (χ4n) is 3.79. The second kappa shape index (κ2) is 9.27. The van der Waals surface area contributed by atoms with Gasteiger partial charge in [0, 0.05) is 47.8 Å². The standard InChI is InChI=1S/C25H25FN4S/c1-17-6-7-24-23(14-17)22(18(2)28-24)10-13-30(16-19-8-11-27-12-9-19)25(31)29-21-5-3-4-20(26)15-21/h3-9,11-12,14-15,28H,10,13,16H2,1-2H3,(H,29,31). The molecule has 0 radical (unpaired) electrons. The number of aromatic amines is 1. The Morgan fingerprint density at radius 3 is 2.68 bits per heavy atom. The van der Waals surface area contributed by atoms with Crippen LogP contribution in [0, 0.1) is 19.7 Å². The molecule has 0 spiro atoms. The van der Waals surface area contributed by atoms with E-state index >= 15 is 0 Å². The van der Waals surface area contributed by atoms with Crippen molar-refractivity contribution in [1.82, 2.24) is 14.9 Å². The van der Waals surface area contributed by atoms with E-state index in [0.717, 1.165) is 24.0 Å². The Hall–Kier alpha value is -3.25. The molecule has 6 heteroatoms. The number of thiocarbonyl (C=S) groups is 1. The highest BCUT2D eigenvalue weighted by Gasteiger charge is 2.15. The van der Waals surface area contributed by atoms with Crippen LogP contribution < -0.4 is 5.32 Å². The maximum absolute atomic E-state index is 13.6. The van der Waals surface area contributed by atoms with Crippen LogP contribution in [0.1, 0.15) is 22.4 Å². The minimum Gasteiger partial charge on any atom is -0.358 e. The second-order valence-corrected chi connectivity index (χ2v) is 8.13. The molecule has 2 aromatic carbocycles. The van der Waals surface area contributed by atoms with E-state index in [0.29, 0.717) is 17.3 Å². The van der Waals surface area contributed by atoms with Gasteiger partial charge >= 0.3 is 0 Å². The minimum absolute atomic E-state index is 0.293. The average molecular weight is 433 g/mol. The summed E-state index contributed by atoms with van der Waals surface area (Å²) >= 11 is 5.71. The molecule has 158 valence electrons. The number of anilines is 1. The number of pyridine rings is 1. The van der Waals surface area contributed by atoms with E-state index in [1.165, 1.54) is 34.3 Å². The highest BCUT2D eigenvalue weighted by Crippen LogP contribution is 2.24. The summed E-state index contributed by atoms with van der Waals surface area (Å²) < 4.78 is 13.6.